The molecule has 3 amide bonds. The molecule has 0 bridgehead atoms. The van der Waals surface area contributed by atoms with Crippen molar-refractivity contribution in [3.63, 3.8) is 0 Å². The summed E-state index contributed by atoms with van der Waals surface area (Å²) in [5.74, 6) is -19.5. The number of carboxylic acid groups (broad SMARTS) is 7. The maximum absolute atomic E-state index is 12.3. The number of carbonyl (C=O) groups is 18. The third kappa shape index (κ3) is 44.0. The zero-order chi connectivity index (χ0) is 67.7. The van der Waals surface area contributed by atoms with E-state index in [-0.39, 0.29) is 105 Å². The first-order valence-electron chi connectivity index (χ1n) is 26.4. The summed E-state index contributed by atoms with van der Waals surface area (Å²) < 4.78 is 13.6. The second kappa shape index (κ2) is 48.5. The lowest BCUT2D eigenvalue weighted by atomic mass is 9.95. The molecule has 0 aromatic carbocycles. The lowest BCUT2D eigenvalue weighted by Gasteiger charge is -2.19. The molecule has 0 heterocycles. The van der Waals surface area contributed by atoms with Gasteiger partial charge in [0.05, 0.1) is 70.4 Å². The summed E-state index contributed by atoms with van der Waals surface area (Å²) in [6.07, 6.45) is -1.74. The average molecular weight is 1320 g/mol. The van der Waals surface area contributed by atoms with Crippen molar-refractivity contribution in [2.75, 3.05) is 58.2 Å². The van der Waals surface area contributed by atoms with Crippen LogP contribution in [0.5, 0.6) is 0 Å². The van der Waals surface area contributed by atoms with Gasteiger partial charge in [0, 0.05) is 80.0 Å². The highest BCUT2D eigenvalue weighted by atomic mass is 32.2. The number of thioether (sulfide) groups is 3. The summed E-state index contributed by atoms with van der Waals surface area (Å²) in [7, 11) is 3.27. The van der Waals surface area contributed by atoms with Gasteiger partial charge >= 0.3 is 47.8 Å². The molecule has 500 valence electrons. The first-order chi connectivity index (χ1) is 40.4. The van der Waals surface area contributed by atoms with Crippen molar-refractivity contribution >= 4 is 142 Å². The van der Waals surface area contributed by atoms with E-state index in [0.717, 1.165) is 56.6 Å². The number of ketones is 5. The monoisotopic (exact) mass is 1320 g/mol. The molecule has 3 unspecified atom stereocenters. The number of hydrogen-bond donors (Lipinski definition) is 8. The third-order valence-corrected chi connectivity index (χ3v) is 16.2. The van der Waals surface area contributed by atoms with Crippen LogP contribution in [0, 0.1) is 35.5 Å². The van der Waals surface area contributed by atoms with Gasteiger partial charge in [-0.1, -0.05) is 28.2 Å². The van der Waals surface area contributed by atoms with Gasteiger partial charge in [0.25, 0.3) is 0 Å². The Morgan fingerprint density at radius 1 is 0.398 bits per heavy atom. The Labute approximate surface area is 520 Å². The fourth-order valence-electron chi connectivity index (χ4n) is 6.58. The minimum Gasteiger partial charge on any atom is -0.550 e. The van der Waals surface area contributed by atoms with Crippen molar-refractivity contribution in [3.05, 3.63) is 0 Å². The minimum atomic E-state index is -1.54. The number of aliphatic carboxylic acids is 7. The molecule has 0 aromatic heterocycles. The van der Waals surface area contributed by atoms with E-state index in [9.17, 15) is 96.5 Å². The smallest absolute Gasteiger partial charge is 0.322 e. The second-order valence-corrected chi connectivity index (χ2v) is 23.0. The molecule has 8 N–H and O–H groups in total. The van der Waals surface area contributed by atoms with E-state index in [2.05, 4.69) is 30.2 Å². The standard InChI is InChI=1S/2C18H27NO9S.C17H25NO10S.CH4/c2*1-10(11(2)20)4-5-13(21)6-12(17(26)19-8-16(24)25)9-29-14(7-15(22)23)18(27)28-3;1-9(16(25)26)3-4-11(19)5-10(15(24)18-7-14(22)23)8-29-12(6-13(20)21)17(27)28-2;/h2*10,12,14H,4-9H2,1-3H3,(H,19,26)(H,22,23)(H,24,25);9-10,12H,3-8H2,1-2H3,(H,18,24)(H,20,21)(H,22,23)(H,25,26);1H4/p-2/t2*10-,12-,14?;9-,10-,12?;/m000./s1. The number of hydrogen-bond acceptors (Lipinski definition) is 26. The van der Waals surface area contributed by atoms with Gasteiger partial charge in [-0.05, 0) is 33.1 Å². The molecule has 9 atom stereocenters. The Bertz CT molecular complexity index is 2160. The largest absolute Gasteiger partial charge is 0.550 e. The van der Waals surface area contributed by atoms with Crippen LogP contribution in [0.2, 0.25) is 0 Å². The number of Topliss-reactive ketones (excluding diaryl/α,β-unsaturated/α-hetero) is 5. The molecule has 0 aromatic rings. The van der Waals surface area contributed by atoms with Gasteiger partial charge in [-0.2, -0.15) is 0 Å². The topological polar surface area (TPSA) is 518 Å². The summed E-state index contributed by atoms with van der Waals surface area (Å²) in [5.41, 5.74) is 0. The molecular weight excluding hydrogens is 1230 g/mol. The van der Waals surface area contributed by atoms with E-state index < -0.39 is 162 Å². The van der Waals surface area contributed by atoms with Gasteiger partial charge in [0.2, 0.25) is 17.7 Å². The Hall–Kier alpha value is -7.49. The highest BCUT2D eigenvalue weighted by Crippen LogP contribution is 2.26. The Balaban J connectivity index is -0.000000598. The van der Waals surface area contributed by atoms with Crippen molar-refractivity contribution in [1.29, 1.82) is 0 Å². The molecule has 0 aliphatic rings. The van der Waals surface area contributed by atoms with Crippen molar-refractivity contribution in [2.45, 2.75) is 135 Å². The number of carboxylic acids is 7. The van der Waals surface area contributed by atoms with Crippen LogP contribution in [-0.4, -0.2) is 206 Å². The van der Waals surface area contributed by atoms with Crippen LogP contribution in [0.15, 0.2) is 0 Å². The number of nitrogens with one attached hydrogen (secondary N) is 3. The number of ether oxygens (including phenoxy) is 3. The molecule has 0 saturated carbocycles. The summed E-state index contributed by atoms with van der Waals surface area (Å²) in [5, 5.41) is 68.5. The predicted octanol–water partition coefficient (Wildman–Crippen LogP) is -0.986. The molecule has 31 nitrogen and oxygen atoms in total. The number of carbonyl (C=O) groups excluding carboxylic acids is 13. The first kappa shape index (κ1) is 86.9. The van der Waals surface area contributed by atoms with Gasteiger partial charge in [0.15, 0.2) is 0 Å². The molecule has 0 radical (unpaired) electrons. The van der Waals surface area contributed by atoms with Crippen molar-refractivity contribution in [3.8, 4) is 0 Å². The Kier molecular flexibility index (Phi) is 47.9. The van der Waals surface area contributed by atoms with Gasteiger partial charge < -0.3 is 75.5 Å². The lowest BCUT2D eigenvalue weighted by Crippen LogP contribution is -2.41. The number of esters is 3. The predicted molar refractivity (Wildman–Crippen MR) is 308 cm³/mol. The summed E-state index contributed by atoms with van der Waals surface area (Å²) >= 11 is 2.47. The van der Waals surface area contributed by atoms with E-state index in [0.29, 0.717) is 12.8 Å². The van der Waals surface area contributed by atoms with Crippen LogP contribution in [0.25, 0.3) is 0 Å². The van der Waals surface area contributed by atoms with Crippen LogP contribution >= 0.6 is 35.3 Å². The van der Waals surface area contributed by atoms with Crippen LogP contribution in [0.4, 0.5) is 0 Å². The molecule has 0 rings (SSSR count). The van der Waals surface area contributed by atoms with Crippen molar-refractivity contribution < 1.29 is 136 Å². The fourth-order valence-corrected chi connectivity index (χ4v) is 10.3. The molecule has 0 aliphatic heterocycles. The highest BCUT2D eigenvalue weighted by Gasteiger charge is 2.32. The summed E-state index contributed by atoms with van der Waals surface area (Å²) in [4.78, 5) is 206. The summed E-state index contributed by atoms with van der Waals surface area (Å²) in [6, 6.07) is 0. The Morgan fingerprint density at radius 2 is 0.670 bits per heavy atom. The van der Waals surface area contributed by atoms with E-state index in [1.807, 2.05) is 0 Å². The van der Waals surface area contributed by atoms with E-state index in [1.165, 1.54) is 20.8 Å². The zero-order valence-electron chi connectivity index (χ0n) is 49.3. The first-order valence-corrected chi connectivity index (χ1v) is 29.5. The fraction of sp³-hybridized carbons (Fsp3) is 0.667. The number of methoxy groups -OCH3 is 3. The van der Waals surface area contributed by atoms with E-state index >= 15 is 0 Å². The molecule has 0 spiro atoms. The molecule has 34 heteroatoms. The van der Waals surface area contributed by atoms with Gasteiger partial charge in [-0.15, -0.1) is 35.3 Å². The quantitative estimate of drug-likeness (QED) is 0.0268. The van der Waals surface area contributed by atoms with Gasteiger partial charge in [-0.25, -0.2) is 0 Å². The third-order valence-electron chi connectivity index (χ3n) is 12.1. The number of rotatable bonds is 45. The molecule has 88 heavy (non-hydrogen) atoms. The highest BCUT2D eigenvalue weighted by molar-refractivity contribution is 8.01. The SMILES string of the molecule is C.COC(=O)C(CC(=O)O)SC[C@H](CC(=O)CC[C@H](C)C(=O)O)C(=O)NCC(=O)[O-].COC(=O)C(CC(=O)O)SC[C@H](CC(=O)CC[C@H](C)C(C)=O)C(=O)NCC(=O)O.COC(=O)C(CC(=O)[O-])SC[C@H](CC(=O)CC[C@H](C)C(C)=O)C(=O)NCC(=O)O. The maximum Gasteiger partial charge on any atom is 0.322 e. The second-order valence-electron chi connectivity index (χ2n) is 19.3. The maximum atomic E-state index is 12.3. The van der Waals surface area contributed by atoms with Crippen molar-refractivity contribution in [1.82, 2.24) is 16.0 Å². The van der Waals surface area contributed by atoms with Crippen molar-refractivity contribution in [2.24, 2.45) is 35.5 Å². The molecular formula is C54H81N3O28S3-2. The van der Waals surface area contributed by atoms with E-state index in [1.54, 1.807) is 13.8 Å². The van der Waals surface area contributed by atoms with Gasteiger partial charge in [-0.3, -0.25) is 76.7 Å². The minimum absolute atomic E-state index is 0. The zero-order valence-corrected chi connectivity index (χ0v) is 51.7. The van der Waals surface area contributed by atoms with Crippen LogP contribution in [0.3, 0.4) is 0 Å². The van der Waals surface area contributed by atoms with Crippen LogP contribution in [-0.2, 0) is 101 Å². The Morgan fingerprint density at radius 3 is 0.898 bits per heavy atom. The molecule has 0 aliphatic carbocycles. The molecule has 0 fully saturated rings. The number of amides is 3. The normalized spacial score (nSPS) is 13.5. The van der Waals surface area contributed by atoms with E-state index in [4.69, 9.17) is 25.5 Å². The summed E-state index contributed by atoms with van der Waals surface area (Å²) in [6.45, 7) is 5.59. The molecule has 0 saturated heterocycles. The van der Waals surface area contributed by atoms with Crippen LogP contribution < -0.4 is 26.2 Å². The van der Waals surface area contributed by atoms with Crippen LogP contribution in [0.1, 0.15) is 119 Å². The lowest BCUT2D eigenvalue weighted by molar-refractivity contribution is -0.306. The van der Waals surface area contributed by atoms with Gasteiger partial charge in [0.1, 0.15) is 57.8 Å². The average Bonchev–Trinajstić information content (AvgIpc) is 3.61.